The van der Waals surface area contributed by atoms with E-state index in [1.807, 2.05) is 55.5 Å². The topological polar surface area (TPSA) is 38.7 Å². The highest BCUT2D eigenvalue weighted by Crippen LogP contribution is 2.30. The molecule has 2 aromatic rings. The van der Waals surface area contributed by atoms with Gasteiger partial charge in [-0.3, -0.25) is 0 Å². The molecule has 4 heteroatoms. The normalized spacial score (nSPS) is 11.5. The maximum atomic E-state index is 9.49. The number of hydrogen-bond acceptors (Lipinski definition) is 4. The summed E-state index contributed by atoms with van der Waals surface area (Å²) in [4.78, 5) is 2.24. The number of ether oxygens (including phenoxy) is 2. The Hall–Kier alpha value is -2.09. The third kappa shape index (κ3) is 5.90. The zero-order valence-corrected chi connectivity index (χ0v) is 13.9. The molecule has 0 fully saturated rings. The van der Waals surface area contributed by atoms with Gasteiger partial charge < -0.3 is 14.6 Å². The maximum Gasteiger partial charge on any atom is 0.148 e. The van der Waals surface area contributed by atoms with E-state index >= 15 is 0 Å². The van der Waals surface area contributed by atoms with E-state index in [0.717, 1.165) is 21.3 Å². The fourth-order valence-corrected chi connectivity index (χ4v) is 2.60. The minimum absolute atomic E-state index is 0.278. The molecule has 1 unspecified atom stereocenters. The van der Waals surface area contributed by atoms with Crippen molar-refractivity contribution in [2.24, 2.45) is 0 Å². The first-order chi connectivity index (χ1) is 11.2. The van der Waals surface area contributed by atoms with Gasteiger partial charge in [0, 0.05) is 9.79 Å². The van der Waals surface area contributed by atoms with Gasteiger partial charge in [-0.15, -0.1) is 6.42 Å². The van der Waals surface area contributed by atoms with Crippen LogP contribution in [0, 0.1) is 12.3 Å². The van der Waals surface area contributed by atoms with Crippen molar-refractivity contribution in [3.8, 4) is 23.8 Å². The molecular formula is C19H20O3S. The van der Waals surface area contributed by atoms with Gasteiger partial charge in [0.1, 0.15) is 24.7 Å². The van der Waals surface area contributed by atoms with Gasteiger partial charge in [0.15, 0.2) is 0 Å². The Balaban J connectivity index is 1.89. The molecule has 0 aromatic heterocycles. The zero-order valence-electron chi connectivity index (χ0n) is 13.1. The molecule has 23 heavy (non-hydrogen) atoms. The number of terminal acetylenes is 1. The van der Waals surface area contributed by atoms with Gasteiger partial charge in [0.2, 0.25) is 0 Å². The summed E-state index contributed by atoms with van der Waals surface area (Å²) in [5.41, 5.74) is 0. The standard InChI is InChI=1S/C19H20O3S/c1-3-13-21-16-5-9-18(10-6-16)23-19-11-7-17(8-12-19)22-14-15(20)4-2/h1,5-12,15,20H,4,13-14H2,2H3. The minimum atomic E-state index is -0.417. The van der Waals surface area contributed by atoms with Crippen LogP contribution in [0.25, 0.3) is 0 Å². The Bertz CT molecular complexity index is 629. The van der Waals surface area contributed by atoms with E-state index < -0.39 is 6.10 Å². The molecule has 0 amide bonds. The summed E-state index contributed by atoms with van der Waals surface area (Å²) in [6.07, 6.45) is 5.44. The minimum Gasteiger partial charge on any atom is -0.491 e. The van der Waals surface area contributed by atoms with Crippen LogP contribution in [0.5, 0.6) is 11.5 Å². The summed E-state index contributed by atoms with van der Waals surface area (Å²) in [5, 5.41) is 9.49. The maximum absolute atomic E-state index is 9.49. The second-order valence-electron chi connectivity index (χ2n) is 4.91. The van der Waals surface area contributed by atoms with Gasteiger partial charge in [-0.2, -0.15) is 0 Å². The molecule has 0 aliphatic heterocycles. The fourth-order valence-electron chi connectivity index (χ4n) is 1.78. The largest absolute Gasteiger partial charge is 0.491 e. The van der Waals surface area contributed by atoms with Gasteiger partial charge in [0.25, 0.3) is 0 Å². The number of benzene rings is 2. The van der Waals surface area contributed by atoms with Crippen LogP contribution in [0.2, 0.25) is 0 Å². The summed E-state index contributed by atoms with van der Waals surface area (Å²) in [7, 11) is 0. The van der Waals surface area contributed by atoms with Gasteiger partial charge in [-0.1, -0.05) is 24.6 Å². The van der Waals surface area contributed by atoms with E-state index in [1.165, 1.54) is 0 Å². The molecule has 0 aliphatic carbocycles. The summed E-state index contributed by atoms with van der Waals surface area (Å²) >= 11 is 1.66. The number of aliphatic hydroxyl groups is 1. The third-order valence-corrected chi connectivity index (χ3v) is 4.13. The average molecular weight is 328 g/mol. The molecule has 0 bridgehead atoms. The summed E-state index contributed by atoms with van der Waals surface area (Å²) in [6, 6.07) is 15.6. The molecule has 3 nitrogen and oxygen atoms in total. The van der Waals surface area contributed by atoms with Crippen molar-refractivity contribution < 1.29 is 14.6 Å². The van der Waals surface area contributed by atoms with Crippen molar-refractivity contribution in [2.45, 2.75) is 29.2 Å². The van der Waals surface area contributed by atoms with Gasteiger partial charge >= 0.3 is 0 Å². The first kappa shape index (κ1) is 17.3. The summed E-state index contributed by atoms with van der Waals surface area (Å²) < 4.78 is 10.9. The Morgan fingerprint density at radius 3 is 2.00 bits per heavy atom. The Labute approximate surface area is 141 Å². The molecule has 0 saturated carbocycles. The van der Waals surface area contributed by atoms with Crippen LogP contribution < -0.4 is 9.47 Å². The fraction of sp³-hybridized carbons (Fsp3) is 0.263. The van der Waals surface area contributed by atoms with Gasteiger partial charge in [0.05, 0.1) is 6.10 Å². The summed E-state index contributed by atoms with van der Waals surface area (Å²) in [5.74, 6) is 3.97. The first-order valence-corrected chi connectivity index (χ1v) is 8.28. The highest BCUT2D eigenvalue weighted by Gasteiger charge is 2.03. The predicted molar refractivity (Wildman–Crippen MR) is 93.1 cm³/mol. The van der Waals surface area contributed by atoms with Crippen molar-refractivity contribution in [1.29, 1.82) is 0 Å². The molecule has 0 heterocycles. The monoisotopic (exact) mass is 328 g/mol. The lowest BCUT2D eigenvalue weighted by molar-refractivity contribution is 0.104. The van der Waals surface area contributed by atoms with Crippen molar-refractivity contribution in [3.63, 3.8) is 0 Å². The van der Waals surface area contributed by atoms with Gasteiger partial charge in [-0.05, 0) is 55.0 Å². The van der Waals surface area contributed by atoms with Crippen molar-refractivity contribution in [1.82, 2.24) is 0 Å². The van der Waals surface area contributed by atoms with E-state index in [1.54, 1.807) is 11.8 Å². The second-order valence-corrected chi connectivity index (χ2v) is 6.06. The molecule has 2 rings (SSSR count). The second kappa shape index (κ2) is 9.14. The lowest BCUT2D eigenvalue weighted by atomic mass is 10.3. The highest BCUT2D eigenvalue weighted by atomic mass is 32.2. The molecule has 1 N–H and O–H groups in total. The smallest absolute Gasteiger partial charge is 0.148 e. The Morgan fingerprint density at radius 2 is 1.52 bits per heavy atom. The quantitative estimate of drug-likeness (QED) is 0.744. The van der Waals surface area contributed by atoms with Crippen LogP contribution in [0.1, 0.15) is 13.3 Å². The van der Waals surface area contributed by atoms with E-state index in [4.69, 9.17) is 15.9 Å². The highest BCUT2D eigenvalue weighted by molar-refractivity contribution is 7.99. The Kier molecular flexibility index (Phi) is 6.86. The van der Waals surface area contributed by atoms with Gasteiger partial charge in [-0.25, -0.2) is 0 Å². The van der Waals surface area contributed by atoms with E-state index in [2.05, 4.69) is 5.92 Å². The number of aliphatic hydroxyl groups excluding tert-OH is 1. The van der Waals surface area contributed by atoms with Crippen LogP contribution in [0.15, 0.2) is 58.3 Å². The van der Waals surface area contributed by atoms with Crippen molar-refractivity contribution >= 4 is 11.8 Å². The first-order valence-electron chi connectivity index (χ1n) is 7.46. The average Bonchev–Trinajstić information content (AvgIpc) is 2.60. The number of hydrogen-bond donors (Lipinski definition) is 1. The molecule has 1 atom stereocenters. The zero-order chi connectivity index (χ0) is 16.5. The number of rotatable bonds is 8. The van der Waals surface area contributed by atoms with Crippen LogP contribution in [-0.4, -0.2) is 24.4 Å². The summed E-state index contributed by atoms with van der Waals surface area (Å²) in [6.45, 7) is 2.53. The van der Waals surface area contributed by atoms with Crippen molar-refractivity contribution in [2.75, 3.05) is 13.2 Å². The van der Waals surface area contributed by atoms with Crippen LogP contribution >= 0.6 is 11.8 Å². The molecule has 120 valence electrons. The molecule has 0 radical (unpaired) electrons. The lowest BCUT2D eigenvalue weighted by Crippen LogP contribution is -2.15. The molecule has 0 spiro atoms. The predicted octanol–water partition coefficient (Wildman–Crippen LogP) is 4.00. The van der Waals surface area contributed by atoms with Crippen LogP contribution in [0.4, 0.5) is 0 Å². The van der Waals surface area contributed by atoms with E-state index in [0.29, 0.717) is 13.0 Å². The van der Waals surface area contributed by atoms with E-state index in [9.17, 15) is 5.11 Å². The SMILES string of the molecule is C#CCOc1ccc(Sc2ccc(OCC(O)CC)cc2)cc1. The lowest BCUT2D eigenvalue weighted by Gasteiger charge is -2.10. The molecule has 0 aliphatic rings. The molecular weight excluding hydrogens is 308 g/mol. The van der Waals surface area contributed by atoms with Crippen molar-refractivity contribution in [3.05, 3.63) is 48.5 Å². The third-order valence-electron chi connectivity index (χ3n) is 3.12. The van der Waals surface area contributed by atoms with Crippen LogP contribution in [-0.2, 0) is 0 Å². The molecule has 2 aromatic carbocycles. The van der Waals surface area contributed by atoms with E-state index in [-0.39, 0.29) is 6.61 Å². The van der Waals surface area contributed by atoms with Crippen LogP contribution in [0.3, 0.4) is 0 Å². The molecule has 0 saturated heterocycles. The Morgan fingerprint density at radius 1 is 1.00 bits per heavy atom.